The van der Waals surface area contributed by atoms with E-state index in [1.54, 1.807) is 6.20 Å². The first-order valence-corrected chi connectivity index (χ1v) is 12.2. The zero-order valence-electron chi connectivity index (χ0n) is 20.5. The Hall–Kier alpha value is -3.62. The van der Waals surface area contributed by atoms with Crippen molar-refractivity contribution in [3.8, 4) is 17.2 Å². The number of aromatic nitrogens is 1. The van der Waals surface area contributed by atoms with Gasteiger partial charge in [-0.05, 0) is 55.7 Å². The van der Waals surface area contributed by atoms with E-state index in [0.717, 1.165) is 23.4 Å². The minimum Gasteiger partial charge on any atom is -0.489 e. The molecule has 1 saturated heterocycles. The Kier molecular flexibility index (Phi) is 8.76. The van der Waals surface area contributed by atoms with Crippen molar-refractivity contribution in [3.05, 3.63) is 83.7 Å². The first kappa shape index (κ1) is 25.5. The normalized spacial score (nSPS) is 18.3. The standard InChI is InChI=1S/C28H33N3O5/c1-20-25(8-5-13-30-20)36-27-12-15-31(14-11-24(27)32)17-22-16-23(9-10-26(22)35-19-28(29)33)34-18-21-6-3-2-4-7-21/h2-10,13,16,24,27,32H,11-12,14-15,17-19H2,1H3,(H2,29,33)/t24-,27-/m0/s1. The number of rotatable bonds is 10. The molecule has 1 aromatic heterocycles. The Morgan fingerprint density at radius 3 is 2.64 bits per heavy atom. The van der Waals surface area contributed by atoms with Crippen LogP contribution in [0.15, 0.2) is 66.9 Å². The van der Waals surface area contributed by atoms with E-state index in [0.29, 0.717) is 49.8 Å². The van der Waals surface area contributed by atoms with Crippen molar-refractivity contribution in [3.63, 3.8) is 0 Å². The average molecular weight is 492 g/mol. The molecule has 0 unspecified atom stereocenters. The molecule has 1 fully saturated rings. The van der Waals surface area contributed by atoms with Crippen LogP contribution < -0.4 is 19.9 Å². The summed E-state index contributed by atoms with van der Waals surface area (Å²) in [7, 11) is 0. The molecule has 1 aliphatic heterocycles. The summed E-state index contributed by atoms with van der Waals surface area (Å²) in [5.41, 5.74) is 8.06. The van der Waals surface area contributed by atoms with Gasteiger partial charge in [-0.15, -0.1) is 0 Å². The first-order valence-electron chi connectivity index (χ1n) is 12.2. The highest BCUT2D eigenvalue weighted by Gasteiger charge is 2.27. The topological polar surface area (TPSA) is 107 Å². The number of benzene rings is 2. The van der Waals surface area contributed by atoms with E-state index in [9.17, 15) is 9.90 Å². The molecule has 2 atom stereocenters. The van der Waals surface area contributed by atoms with Gasteiger partial charge in [0.1, 0.15) is 30.0 Å². The molecular weight excluding hydrogens is 458 g/mol. The number of hydrogen-bond acceptors (Lipinski definition) is 7. The molecule has 36 heavy (non-hydrogen) atoms. The van der Waals surface area contributed by atoms with Gasteiger partial charge < -0.3 is 25.1 Å². The number of carbonyl (C=O) groups excluding carboxylic acids is 1. The zero-order chi connectivity index (χ0) is 25.3. The molecule has 0 bridgehead atoms. The summed E-state index contributed by atoms with van der Waals surface area (Å²) in [5.74, 6) is 1.46. The van der Waals surface area contributed by atoms with Gasteiger partial charge in [-0.2, -0.15) is 0 Å². The maximum atomic E-state index is 11.3. The number of aryl methyl sites for hydroxylation is 1. The van der Waals surface area contributed by atoms with Crippen molar-refractivity contribution in [2.75, 3.05) is 19.7 Å². The number of amides is 1. The third-order valence-electron chi connectivity index (χ3n) is 6.18. The third-order valence-corrected chi connectivity index (χ3v) is 6.18. The fraction of sp³-hybridized carbons (Fsp3) is 0.357. The average Bonchev–Trinajstić information content (AvgIpc) is 3.05. The number of nitrogens with zero attached hydrogens (tertiary/aromatic N) is 2. The fourth-order valence-electron chi connectivity index (χ4n) is 4.21. The van der Waals surface area contributed by atoms with E-state index in [-0.39, 0.29) is 12.7 Å². The monoisotopic (exact) mass is 491 g/mol. The van der Waals surface area contributed by atoms with E-state index in [1.165, 1.54) is 0 Å². The SMILES string of the molecule is Cc1ncccc1O[C@H]1CCN(Cc2cc(OCc3ccccc3)ccc2OCC(N)=O)CC[C@@H]1O. The van der Waals surface area contributed by atoms with Crippen molar-refractivity contribution in [1.82, 2.24) is 9.88 Å². The van der Waals surface area contributed by atoms with Gasteiger partial charge in [0, 0.05) is 31.4 Å². The van der Waals surface area contributed by atoms with Crippen LogP contribution in [0, 0.1) is 6.92 Å². The van der Waals surface area contributed by atoms with Crippen molar-refractivity contribution in [2.45, 2.75) is 45.1 Å². The number of hydrogen-bond donors (Lipinski definition) is 2. The second-order valence-corrected chi connectivity index (χ2v) is 8.96. The largest absolute Gasteiger partial charge is 0.489 e. The van der Waals surface area contributed by atoms with Gasteiger partial charge in [-0.3, -0.25) is 14.7 Å². The van der Waals surface area contributed by atoms with Gasteiger partial charge in [-0.1, -0.05) is 30.3 Å². The Morgan fingerprint density at radius 1 is 1.06 bits per heavy atom. The third kappa shape index (κ3) is 7.19. The number of carbonyl (C=O) groups is 1. The lowest BCUT2D eigenvalue weighted by Crippen LogP contribution is -2.31. The summed E-state index contributed by atoms with van der Waals surface area (Å²) < 4.78 is 17.8. The summed E-state index contributed by atoms with van der Waals surface area (Å²) in [4.78, 5) is 17.8. The Labute approximate surface area is 211 Å². The number of aliphatic hydroxyl groups excluding tert-OH is 1. The Balaban J connectivity index is 1.44. The molecule has 0 radical (unpaired) electrons. The summed E-state index contributed by atoms with van der Waals surface area (Å²) >= 11 is 0. The molecule has 8 heteroatoms. The lowest BCUT2D eigenvalue weighted by molar-refractivity contribution is -0.119. The molecule has 2 aromatic carbocycles. The Morgan fingerprint density at radius 2 is 1.86 bits per heavy atom. The number of aliphatic hydroxyl groups is 1. The maximum absolute atomic E-state index is 11.3. The highest BCUT2D eigenvalue weighted by atomic mass is 16.5. The molecule has 1 aliphatic rings. The lowest BCUT2D eigenvalue weighted by Gasteiger charge is -2.23. The number of nitrogens with two attached hydrogens (primary N) is 1. The summed E-state index contributed by atoms with van der Waals surface area (Å²) in [6, 6.07) is 19.2. The van der Waals surface area contributed by atoms with Crippen LogP contribution in [-0.4, -0.2) is 52.8 Å². The van der Waals surface area contributed by atoms with Crippen LogP contribution in [0.5, 0.6) is 17.2 Å². The van der Waals surface area contributed by atoms with Gasteiger partial charge in [0.15, 0.2) is 6.61 Å². The van der Waals surface area contributed by atoms with E-state index < -0.39 is 12.0 Å². The maximum Gasteiger partial charge on any atom is 0.255 e. The number of likely N-dealkylation sites (tertiary alicyclic amines) is 1. The predicted molar refractivity (Wildman–Crippen MR) is 136 cm³/mol. The minimum absolute atomic E-state index is 0.198. The van der Waals surface area contributed by atoms with Crippen molar-refractivity contribution >= 4 is 5.91 Å². The lowest BCUT2D eigenvalue weighted by atomic mass is 10.1. The van der Waals surface area contributed by atoms with Gasteiger partial charge in [0.25, 0.3) is 5.91 Å². The van der Waals surface area contributed by atoms with Gasteiger partial charge in [-0.25, -0.2) is 0 Å². The second-order valence-electron chi connectivity index (χ2n) is 8.96. The van der Waals surface area contributed by atoms with Crippen LogP contribution in [0.1, 0.15) is 29.7 Å². The molecule has 1 amide bonds. The van der Waals surface area contributed by atoms with Gasteiger partial charge >= 0.3 is 0 Å². The smallest absolute Gasteiger partial charge is 0.255 e. The van der Waals surface area contributed by atoms with Crippen molar-refractivity contribution in [1.29, 1.82) is 0 Å². The van der Waals surface area contributed by atoms with Crippen LogP contribution in [0.25, 0.3) is 0 Å². The highest BCUT2D eigenvalue weighted by molar-refractivity contribution is 5.75. The van der Waals surface area contributed by atoms with E-state index >= 15 is 0 Å². The molecule has 2 heterocycles. The summed E-state index contributed by atoms with van der Waals surface area (Å²) in [6.07, 6.45) is 2.07. The van der Waals surface area contributed by atoms with Crippen LogP contribution in [0.3, 0.4) is 0 Å². The van der Waals surface area contributed by atoms with Gasteiger partial charge in [0.2, 0.25) is 0 Å². The molecule has 190 valence electrons. The van der Waals surface area contributed by atoms with Crippen molar-refractivity contribution in [2.24, 2.45) is 5.73 Å². The molecule has 3 N–H and O–H groups in total. The molecule has 8 nitrogen and oxygen atoms in total. The van der Waals surface area contributed by atoms with Gasteiger partial charge in [0.05, 0.1) is 11.8 Å². The Bertz CT molecular complexity index is 1140. The summed E-state index contributed by atoms with van der Waals surface area (Å²) in [6.45, 7) is 4.14. The van der Waals surface area contributed by atoms with E-state index in [1.807, 2.05) is 67.6 Å². The zero-order valence-corrected chi connectivity index (χ0v) is 20.5. The number of pyridine rings is 1. The fourth-order valence-corrected chi connectivity index (χ4v) is 4.21. The predicted octanol–water partition coefficient (Wildman–Crippen LogP) is 3.24. The molecule has 0 spiro atoms. The molecule has 4 rings (SSSR count). The van der Waals surface area contributed by atoms with Crippen LogP contribution in [0.4, 0.5) is 0 Å². The first-order chi connectivity index (χ1) is 17.5. The van der Waals surface area contributed by atoms with Crippen molar-refractivity contribution < 1.29 is 24.1 Å². The number of primary amides is 1. The van der Waals surface area contributed by atoms with E-state index in [4.69, 9.17) is 19.9 Å². The summed E-state index contributed by atoms with van der Waals surface area (Å²) in [5, 5.41) is 10.7. The van der Waals surface area contributed by atoms with Crippen LogP contribution in [-0.2, 0) is 17.9 Å². The molecular formula is C28H33N3O5. The molecule has 0 saturated carbocycles. The van der Waals surface area contributed by atoms with Crippen LogP contribution in [0.2, 0.25) is 0 Å². The van der Waals surface area contributed by atoms with E-state index in [2.05, 4.69) is 9.88 Å². The molecule has 3 aromatic rings. The quantitative estimate of drug-likeness (QED) is 0.448. The van der Waals surface area contributed by atoms with Crippen LogP contribution >= 0.6 is 0 Å². The minimum atomic E-state index is -0.583. The highest BCUT2D eigenvalue weighted by Crippen LogP contribution is 2.28. The number of ether oxygens (including phenoxy) is 3. The molecule has 0 aliphatic carbocycles. The second kappa shape index (κ2) is 12.4.